The molecule has 0 aliphatic heterocycles. The van der Waals surface area contributed by atoms with Crippen molar-refractivity contribution in [1.29, 1.82) is 0 Å². The molecule has 0 fully saturated rings. The van der Waals surface area contributed by atoms with Crippen LogP contribution in [-0.2, 0) is 4.79 Å². The Morgan fingerprint density at radius 2 is 2.00 bits per heavy atom. The third-order valence-corrected chi connectivity index (χ3v) is 2.67. The monoisotopic (exact) mass is 268 g/mol. The number of amides is 3. The lowest BCUT2D eigenvalue weighted by Crippen LogP contribution is -2.41. The van der Waals surface area contributed by atoms with Crippen LogP contribution in [0.4, 0.5) is 4.79 Å². The van der Waals surface area contributed by atoms with Crippen molar-refractivity contribution in [2.75, 3.05) is 12.3 Å². The van der Waals surface area contributed by atoms with E-state index in [1.165, 1.54) is 11.8 Å². The third-order valence-electron chi connectivity index (χ3n) is 1.80. The van der Waals surface area contributed by atoms with Gasteiger partial charge in [-0.15, -0.1) is 0 Å². The molecule has 0 aromatic carbocycles. The first-order valence-electron chi connectivity index (χ1n) is 5.55. The van der Waals surface area contributed by atoms with Gasteiger partial charge in [0.15, 0.2) is 5.16 Å². The highest BCUT2D eigenvalue weighted by Gasteiger charge is 2.08. The van der Waals surface area contributed by atoms with Crippen molar-refractivity contribution < 1.29 is 9.59 Å². The van der Waals surface area contributed by atoms with Crippen LogP contribution in [-0.4, -0.2) is 34.2 Å². The zero-order valence-electron chi connectivity index (χ0n) is 10.3. The molecule has 0 spiro atoms. The minimum absolute atomic E-state index is 0.110. The predicted octanol–water partition coefficient (Wildman–Crippen LogP) is 1.05. The highest BCUT2D eigenvalue weighted by atomic mass is 32.2. The Balaban J connectivity index is 2.23. The second-order valence-electron chi connectivity index (χ2n) is 3.97. The average molecular weight is 268 g/mol. The number of aromatic nitrogens is 2. The summed E-state index contributed by atoms with van der Waals surface area (Å²) in [6.45, 7) is 4.49. The van der Waals surface area contributed by atoms with E-state index in [0.717, 1.165) is 0 Å². The Hall–Kier alpha value is -1.63. The van der Waals surface area contributed by atoms with Crippen LogP contribution in [0.5, 0.6) is 0 Å². The van der Waals surface area contributed by atoms with Crippen molar-refractivity contribution in [1.82, 2.24) is 20.6 Å². The Kier molecular flexibility index (Phi) is 6.13. The van der Waals surface area contributed by atoms with Gasteiger partial charge in [-0.3, -0.25) is 10.1 Å². The molecule has 0 aliphatic carbocycles. The van der Waals surface area contributed by atoms with E-state index in [4.69, 9.17) is 0 Å². The minimum atomic E-state index is -0.469. The van der Waals surface area contributed by atoms with Gasteiger partial charge >= 0.3 is 6.03 Å². The van der Waals surface area contributed by atoms with E-state index in [1.807, 2.05) is 13.8 Å². The average Bonchev–Trinajstić information content (AvgIpc) is 2.35. The summed E-state index contributed by atoms with van der Waals surface area (Å²) in [5, 5.41) is 5.35. The van der Waals surface area contributed by atoms with E-state index >= 15 is 0 Å². The molecular formula is C11H16N4O2S. The number of hydrogen-bond acceptors (Lipinski definition) is 5. The van der Waals surface area contributed by atoms with Crippen LogP contribution in [0, 0.1) is 5.92 Å². The molecule has 3 amide bonds. The molecule has 98 valence electrons. The van der Waals surface area contributed by atoms with Crippen LogP contribution in [0.25, 0.3) is 0 Å². The number of carbonyl (C=O) groups excluding carboxylic acids is 2. The van der Waals surface area contributed by atoms with Gasteiger partial charge in [0.05, 0.1) is 5.75 Å². The smallest absolute Gasteiger partial charge is 0.321 e. The van der Waals surface area contributed by atoms with Gasteiger partial charge in [-0.25, -0.2) is 14.8 Å². The highest BCUT2D eigenvalue weighted by Crippen LogP contribution is 2.09. The molecule has 0 saturated heterocycles. The molecule has 6 nitrogen and oxygen atoms in total. The van der Waals surface area contributed by atoms with Gasteiger partial charge in [0, 0.05) is 18.9 Å². The summed E-state index contributed by atoms with van der Waals surface area (Å²) in [6.07, 6.45) is 3.20. The number of rotatable bonds is 5. The molecule has 0 radical (unpaired) electrons. The first kappa shape index (κ1) is 14.4. The van der Waals surface area contributed by atoms with Crippen LogP contribution in [0.1, 0.15) is 13.8 Å². The van der Waals surface area contributed by atoms with Gasteiger partial charge in [0.1, 0.15) is 0 Å². The summed E-state index contributed by atoms with van der Waals surface area (Å²) in [5.74, 6) is 0.0886. The normalized spacial score (nSPS) is 10.2. The van der Waals surface area contributed by atoms with Crippen LogP contribution < -0.4 is 10.6 Å². The molecule has 2 N–H and O–H groups in total. The van der Waals surface area contributed by atoms with Crippen LogP contribution in [0.2, 0.25) is 0 Å². The van der Waals surface area contributed by atoms with Crippen molar-refractivity contribution in [2.45, 2.75) is 19.0 Å². The molecule has 0 aliphatic rings. The van der Waals surface area contributed by atoms with Crippen LogP contribution in [0.3, 0.4) is 0 Å². The number of imide groups is 1. The largest absolute Gasteiger partial charge is 0.338 e. The maximum Gasteiger partial charge on any atom is 0.321 e. The van der Waals surface area contributed by atoms with E-state index in [2.05, 4.69) is 20.6 Å². The zero-order chi connectivity index (χ0) is 13.4. The van der Waals surface area contributed by atoms with E-state index in [1.54, 1.807) is 18.5 Å². The molecular weight excluding hydrogens is 252 g/mol. The highest BCUT2D eigenvalue weighted by molar-refractivity contribution is 7.99. The van der Waals surface area contributed by atoms with Gasteiger partial charge in [0.2, 0.25) is 5.91 Å². The maximum absolute atomic E-state index is 11.4. The molecule has 0 saturated carbocycles. The number of nitrogens with zero attached hydrogens (tertiary/aromatic N) is 2. The second kappa shape index (κ2) is 7.65. The predicted molar refractivity (Wildman–Crippen MR) is 69.1 cm³/mol. The van der Waals surface area contributed by atoms with Crippen molar-refractivity contribution >= 4 is 23.7 Å². The molecule has 0 unspecified atom stereocenters. The molecule has 0 bridgehead atoms. The van der Waals surface area contributed by atoms with Crippen molar-refractivity contribution in [3.63, 3.8) is 0 Å². The number of hydrogen-bond donors (Lipinski definition) is 2. The zero-order valence-corrected chi connectivity index (χ0v) is 11.2. The Bertz CT molecular complexity index is 397. The van der Waals surface area contributed by atoms with Crippen molar-refractivity contribution in [3.8, 4) is 0 Å². The summed E-state index contributed by atoms with van der Waals surface area (Å²) in [6, 6.07) is 1.23. The van der Waals surface area contributed by atoms with E-state index in [0.29, 0.717) is 17.6 Å². The van der Waals surface area contributed by atoms with E-state index in [-0.39, 0.29) is 11.7 Å². The van der Waals surface area contributed by atoms with Crippen LogP contribution >= 0.6 is 11.8 Å². The quantitative estimate of drug-likeness (QED) is 0.616. The second-order valence-corrected chi connectivity index (χ2v) is 4.91. The number of thioether (sulfide) groups is 1. The Labute approximate surface area is 110 Å². The summed E-state index contributed by atoms with van der Waals surface area (Å²) in [7, 11) is 0. The fraction of sp³-hybridized carbons (Fsp3) is 0.455. The first-order valence-corrected chi connectivity index (χ1v) is 6.54. The molecule has 1 aromatic rings. The Morgan fingerprint density at radius 1 is 1.33 bits per heavy atom. The SMILES string of the molecule is CC(C)CNC(=O)NC(=O)CSc1ncccn1. The molecule has 18 heavy (non-hydrogen) atoms. The molecule has 1 rings (SSSR count). The number of nitrogens with one attached hydrogen (secondary N) is 2. The summed E-state index contributed by atoms with van der Waals surface area (Å²) < 4.78 is 0. The van der Waals surface area contributed by atoms with Crippen molar-refractivity contribution in [2.24, 2.45) is 5.92 Å². The first-order chi connectivity index (χ1) is 8.58. The third kappa shape index (κ3) is 6.19. The minimum Gasteiger partial charge on any atom is -0.338 e. The fourth-order valence-corrected chi connectivity index (χ4v) is 1.60. The molecule has 0 atom stereocenters. The maximum atomic E-state index is 11.4. The summed E-state index contributed by atoms with van der Waals surface area (Å²) in [5.41, 5.74) is 0. The topological polar surface area (TPSA) is 84.0 Å². The standard InChI is InChI=1S/C11H16N4O2S/c1-8(2)6-14-10(17)15-9(16)7-18-11-12-4-3-5-13-11/h3-5,8H,6-7H2,1-2H3,(H2,14,15,16,17). The lowest BCUT2D eigenvalue weighted by atomic mass is 10.2. The number of urea groups is 1. The molecule has 7 heteroatoms. The Morgan fingerprint density at radius 3 is 2.61 bits per heavy atom. The van der Waals surface area contributed by atoms with Gasteiger partial charge in [0.25, 0.3) is 0 Å². The van der Waals surface area contributed by atoms with Crippen LogP contribution in [0.15, 0.2) is 23.6 Å². The number of carbonyl (C=O) groups is 2. The fourth-order valence-electron chi connectivity index (χ4n) is 0.994. The lowest BCUT2D eigenvalue weighted by Gasteiger charge is -2.08. The van der Waals surface area contributed by atoms with Gasteiger partial charge < -0.3 is 5.32 Å². The van der Waals surface area contributed by atoms with Gasteiger partial charge in [-0.05, 0) is 12.0 Å². The van der Waals surface area contributed by atoms with Crippen molar-refractivity contribution in [3.05, 3.63) is 18.5 Å². The van der Waals surface area contributed by atoms with Gasteiger partial charge in [-0.2, -0.15) is 0 Å². The molecule has 1 heterocycles. The summed E-state index contributed by atoms with van der Waals surface area (Å²) in [4.78, 5) is 30.6. The lowest BCUT2D eigenvalue weighted by molar-refractivity contribution is -0.117. The van der Waals surface area contributed by atoms with Gasteiger partial charge in [-0.1, -0.05) is 25.6 Å². The van der Waals surface area contributed by atoms with E-state index in [9.17, 15) is 9.59 Å². The summed E-state index contributed by atoms with van der Waals surface area (Å²) >= 11 is 1.18. The molecule has 1 aromatic heterocycles. The van der Waals surface area contributed by atoms with E-state index < -0.39 is 6.03 Å².